The third-order valence-electron chi connectivity index (χ3n) is 4.83. The van der Waals surface area contributed by atoms with Crippen LogP contribution in [0.1, 0.15) is 22.3 Å². The van der Waals surface area contributed by atoms with Crippen LogP contribution < -0.4 is 4.74 Å². The lowest BCUT2D eigenvalue weighted by molar-refractivity contribution is -0.123. The number of hydrogen-bond acceptors (Lipinski definition) is 4. The van der Waals surface area contributed by atoms with Gasteiger partial charge in [0.1, 0.15) is 12.4 Å². The first-order valence-electron chi connectivity index (χ1n) is 9.76. The van der Waals surface area contributed by atoms with Crippen molar-refractivity contribution in [2.75, 3.05) is 0 Å². The predicted octanol–water partition coefficient (Wildman–Crippen LogP) is 6.42. The molecule has 1 fully saturated rings. The van der Waals surface area contributed by atoms with Crippen LogP contribution in [0.2, 0.25) is 0 Å². The van der Waals surface area contributed by atoms with Crippen LogP contribution >= 0.6 is 34.4 Å². The van der Waals surface area contributed by atoms with Gasteiger partial charge in [-0.05, 0) is 88.3 Å². The average Bonchev–Trinajstić information content (AvgIpc) is 3.03. The van der Waals surface area contributed by atoms with Gasteiger partial charge in [-0.2, -0.15) is 0 Å². The van der Waals surface area contributed by atoms with Gasteiger partial charge in [-0.25, -0.2) is 0 Å². The van der Waals surface area contributed by atoms with Crippen molar-refractivity contribution in [3.05, 3.63) is 104 Å². The minimum Gasteiger partial charge on any atom is -0.489 e. The summed E-state index contributed by atoms with van der Waals surface area (Å²) in [5, 5.41) is -0.241. The third-order valence-corrected chi connectivity index (χ3v) is 6.46. The second-order valence-corrected chi connectivity index (χ2v) is 9.48. The Labute approximate surface area is 199 Å². The highest BCUT2D eigenvalue weighted by Gasteiger charge is 2.34. The number of halogens is 1. The van der Waals surface area contributed by atoms with Crippen molar-refractivity contribution in [2.24, 2.45) is 0 Å². The summed E-state index contributed by atoms with van der Waals surface area (Å²) < 4.78 is 7.02. The monoisotopic (exact) mass is 541 g/mol. The van der Waals surface area contributed by atoms with E-state index in [0.717, 1.165) is 39.8 Å². The van der Waals surface area contributed by atoms with E-state index in [2.05, 4.69) is 22.6 Å². The van der Waals surface area contributed by atoms with E-state index in [1.807, 2.05) is 79.7 Å². The molecule has 31 heavy (non-hydrogen) atoms. The number of carbonyl (C=O) groups excluding carboxylic acids is 2. The van der Waals surface area contributed by atoms with E-state index in [0.29, 0.717) is 11.5 Å². The molecule has 0 unspecified atom stereocenters. The van der Waals surface area contributed by atoms with Crippen molar-refractivity contribution in [3.63, 3.8) is 0 Å². The molecular weight excluding hydrogens is 521 g/mol. The molecule has 1 heterocycles. The van der Waals surface area contributed by atoms with Crippen LogP contribution in [0, 0.1) is 10.5 Å². The van der Waals surface area contributed by atoms with Gasteiger partial charge in [-0.3, -0.25) is 14.5 Å². The van der Waals surface area contributed by atoms with E-state index in [9.17, 15) is 9.59 Å². The second-order valence-electron chi connectivity index (χ2n) is 7.24. The number of benzene rings is 3. The molecule has 0 N–H and O–H groups in total. The molecule has 0 bridgehead atoms. The zero-order chi connectivity index (χ0) is 21.8. The zero-order valence-electron chi connectivity index (χ0n) is 16.9. The van der Waals surface area contributed by atoms with Gasteiger partial charge in [0.25, 0.3) is 11.1 Å². The number of thioether (sulfide) groups is 1. The Balaban J connectivity index is 1.39. The van der Waals surface area contributed by atoms with Gasteiger partial charge in [0.05, 0.1) is 11.4 Å². The molecule has 2 amide bonds. The Morgan fingerprint density at radius 2 is 1.55 bits per heavy atom. The van der Waals surface area contributed by atoms with Crippen LogP contribution in [-0.2, 0) is 17.9 Å². The smallest absolute Gasteiger partial charge is 0.293 e. The maximum absolute atomic E-state index is 12.7. The minimum absolute atomic E-state index is 0.241. The summed E-state index contributed by atoms with van der Waals surface area (Å²) in [7, 11) is 0. The van der Waals surface area contributed by atoms with Gasteiger partial charge < -0.3 is 4.74 Å². The molecule has 6 heteroatoms. The summed E-state index contributed by atoms with van der Waals surface area (Å²) in [5.74, 6) is 0.498. The normalized spacial score (nSPS) is 15.0. The lowest BCUT2D eigenvalue weighted by Crippen LogP contribution is -2.27. The van der Waals surface area contributed by atoms with Gasteiger partial charge in [0.2, 0.25) is 0 Å². The number of amides is 2. The highest BCUT2D eigenvalue weighted by atomic mass is 127. The minimum atomic E-state index is -0.255. The van der Waals surface area contributed by atoms with E-state index in [1.165, 1.54) is 8.47 Å². The van der Waals surface area contributed by atoms with E-state index in [4.69, 9.17) is 4.74 Å². The van der Waals surface area contributed by atoms with E-state index in [1.54, 1.807) is 6.08 Å². The number of ether oxygens (including phenoxy) is 1. The topological polar surface area (TPSA) is 46.6 Å². The molecule has 1 saturated heterocycles. The fraction of sp³-hybridized carbons (Fsp3) is 0.120. The van der Waals surface area contributed by atoms with Crippen molar-refractivity contribution >= 4 is 51.6 Å². The first kappa shape index (κ1) is 21.6. The van der Waals surface area contributed by atoms with E-state index < -0.39 is 0 Å². The molecule has 0 radical (unpaired) electrons. The average molecular weight is 541 g/mol. The summed E-state index contributed by atoms with van der Waals surface area (Å²) in [6.07, 6.45) is 1.75. The Kier molecular flexibility index (Phi) is 6.77. The molecule has 3 aromatic rings. The van der Waals surface area contributed by atoms with Crippen molar-refractivity contribution in [1.29, 1.82) is 0 Å². The first-order valence-corrected chi connectivity index (χ1v) is 11.7. The van der Waals surface area contributed by atoms with Gasteiger partial charge >= 0.3 is 0 Å². The number of hydrogen-bond donors (Lipinski definition) is 0. The second kappa shape index (κ2) is 9.70. The van der Waals surface area contributed by atoms with Gasteiger partial charge in [0.15, 0.2) is 0 Å². The molecule has 0 atom stereocenters. The van der Waals surface area contributed by atoms with E-state index >= 15 is 0 Å². The summed E-state index contributed by atoms with van der Waals surface area (Å²) in [6, 6.07) is 23.5. The summed E-state index contributed by atoms with van der Waals surface area (Å²) >= 11 is 3.25. The largest absolute Gasteiger partial charge is 0.489 e. The third kappa shape index (κ3) is 5.57. The van der Waals surface area contributed by atoms with Crippen molar-refractivity contribution in [1.82, 2.24) is 4.90 Å². The molecule has 156 valence electrons. The van der Waals surface area contributed by atoms with Gasteiger partial charge in [-0.1, -0.05) is 54.1 Å². The summed E-state index contributed by atoms with van der Waals surface area (Å²) in [6.45, 7) is 2.78. The number of carbonyl (C=O) groups is 2. The zero-order valence-corrected chi connectivity index (χ0v) is 19.9. The highest BCUT2D eigenvalue weighted by Crippen LogP contribution is 2.33. The van der Waals surface area contributed by atoms with Gasteiger partial charge in [0, 0.05) is 3.57 Å². The van der Waals surface area contributed by atoms with Crippen LogP contribution in [-0.4, -0.2) is 16.0 Å². The SMILES string of the molecule is Cc1ccc(CN2C(=O)S/C(=C\c3ccc(OCc4ccc(I)cc4)cc3)C2=O)cc1. The van der Waals surface area contributed by atoms with Crippen molar-refractivity contribution in [2.45, 2.75) is 20.1 Å². The van der Waals surface area contributed by atoms with E-state index in [-0.39, 0.29) is 17.7 Å². The molecule has 0 aliphatic carbocycles. The summed E-state index contributed by atoms with van der Waals surface area (Å²) in [4.78, 5) is 26.8. The van der Waals surface area contributed by atoms with Crippen LogP contribution in [0.5, 0.6) is 5.75 Å². The molecule has 0 spiro atoms. The number of imide groups is 1. The molecule has 3 aromatic carbocycles. The molecule has 4 rings (SSSR count). The van der Waals surface area contributed by atoms with Crippen molar-refractivity contribution < 1.29 is 14.3 Å². The molecule has 4 nitrogen and oxygen atoms in total. The molecule has 0 saturated carbocycles. The van der Waals surface area contributed by atoms with Crippen LogP contribution in [0.15, 0.2) is 77.7 Å². The maximum Gasteiger partial charge on any atom is 0.293 e. The standard InChI is InChI=1S/C25H20INO3S/c1-17-2-4-19(5-3-17)15-27-24(28)23(31-25(27)29)14-18-8-12-22(13-9-18)30-16-20-6-10-21(26)11-7-20/h2-14H,15-16H2,1H3/b23-14-. The summed E-state index contributed by atoms with van der Waals surface area (Å²) in [5.41, 5.74) is 4.03. The lowest BCUT2D eigenvalue weighted by atomic mass is 10.1. The van der Waals surface area contributed by atoms with Crippen LogP contribution in [0.4, 0.5) is 4.79 Å². The number of nitrogens with zero attached hydrogens (tertiary/aromatic N) is 1. The molecular formula is C25H20INO3S. The highest BCUT2D eigenvalue weighted by molar-refractivity contribution is 14.1. The Hall–Kier alpha value is -2.58. The number of aryl methyl sites for hydroxylation is 1. The molecule has 1 aliphatic rings. The fourth-order valence-electron chi connectivity index (χ4n) is 3.07. The Morgan fingerprint density at radius 3 is 2.23 bits per heavy atom. The van der Waals surface area contributed by atoms with Gasteiger partial charge in [-0.15, -0.1) is 0 Å². The quantitative estimate of drug-likeness (QED) is 0.267. The molecule has 0 aromatic heterocycles. The van der Waals surface area contributed by atoms with Crippen LogP contribution in [0.3, 0.4) is 0 Å². The Bertz CT molecular complexity index is 1120. The first-order chi connectivity index (χ1) is 15.0. The van der Waals surface area contributed by atoms with Crippen molar-refractivity contribution in [3.8, 4) is 5.75 Å². The predicted molar refractivity (Wildman–Crippen MR) is 133 cm³/mol. The number of rotatable bonds is 6. The van der Waals surface area contributed by atoms with Crippen LogP contribution in [0.25, 0.3) is 6.08 Å². The lowest BCUT2D eigenvalue weighted by Gasteiger charge is -2.12. The maximum atomic E-state index is 12.7. The molecule has 1 aliphatic heterocycles. The fourth-order valence-corrected chi connectivity index (χ4v) is 4.27. The Morgan fingerprint density at radius 1 is 0.903 bits per heavy atom.